The molecule has 1 heterocycles. The molecule has 1 rings (SSSR count). The van der Waals surface area contributed by atoms with Crippen molar-refractivity contribution in [2.75, 3.05) is 0 Å². The van der Waals surface area contributed by atoms with Crippen LogP contribution in [0.2, 0.25) is 0 Å². The molecule has 1 aromatic heterocycles. The standard InChI is InChI=1S/C7H11NO.C2H6/c1-5(2)7-4-6(3)9-8-7;1-2/h4-5H,1-3H3;1-2H3. The molecule has 0 aromatic carbocycles. The summed E-state index contributed by atoms with van der Waals surface area (Å²) in [5.41, 5.74) is 1.03. The molecule has 0 aliphatic carbocycles. The van der Waals surface area contributed by atoms with Gasteiger partial charge in [-0.15, -0.1) is 0 Å². The van der Waals surface area contributed by atoms with E-state index in [0.717, 1.165) is 11.5 Å². The van der Waals surface area contributed by atoms with Gasteiger partial charge in [-0.25, -0.2) is 0 Å². The summed E-state index contributed by atoms with van der Waals surface area (Å²) in [7, 11) is 0. The predicted molar refractivity (Wildman–Crippen MR) is 46.7 cm³/mol. The maximum absolute atomic E-state index is 4.88. The molecular weight excluding hydrogens is 138 g/mol. The molecular formula is C9H17NO. The van der Waals surface area contributed by atoms with Crippen molar-refractivity contribution in [3.05, 3.63) is 17.5 Å². The lowest BCUT2D eigenvalue weighted by Crippen LogP contribution is -1.84. The molecule has 64 valence electrons. The minimum atomic E-state index is 0.474. The Morgan fingerprint density at radius 2 is 1.91 bits per heavy atom. The number of nitrogens with zero attached hydrogens (tertiary/aromatic N) is 1. The first-order valence-electron chi connectivity index (χ1n) is 4.13. The van der Waals surface area contributed by atoms with Crippen molar-refractivity contribution in [2.45, 2.75) is 40.5 Å². The molecule has 0 amide bonds. The number of hydrogen-bond donors (Lipinski definition) is 0. The van der Waals surface area contributed by atoms with E-state index >= 15 is 0 Å². The van der Waals surface area contributed by atoms with E-state index in [1.807, 2.05) is 26.8 Å². The van der Waals surface area contributed by atoms with Gasteiger partial charge in [0.05, 0.1) is 5.69 Å². The van der Waals surface area contributed by atoms with Crippen molar-refractivity contribution < 1.29 is 4.52 Å². The van der Waals surface area contributed by atoms with Gasteiger partial charge in [-0.1, -0.05) is 32.9 Å². The highest BCUT2D eigenvalue weighted by Gasteiger charge is 2.02. The Labute approximate surface area is 68.6 Å². The Balaban J connectivity index is 0.000000461. The molecule has 0 saturated carbocycles. The fraction of sp³-hybridized carbons (Fsp3) is 0.667. The maximum Gasteiger partial charge on any atom is 0.133 e. The van der Waals surface area contributed by atoms with Gasteiger partial charge < -0.3 is 4.52 Å². The van der Waals surface area contributed by atoms with Gasteiger partial charge in [0.2, 0.25) is 0 Å². The van der Waals surface area contributed by atoms with Gasteiger partial charge in [-0.05, 0) is 12.8 Å². The van der Waals surface area contributed by atoms with Crippen LogP contribution in [0.25, 0.3) is 0 Å². The van der Waals surface area contributed by atoms with Crippen molar-refractivity contribution in [1.82, 2.24) is 5.16 Å². The SMILES string of the molecule is CC.Cc1cc(C(C)C)no1. The van der Waals surface area contributed by atoms with E-state index in [1.165, 1.54) is 0 Å². The van der Waals surface area contributed by atoms with E-state index in [2.05, 4.69) is 19.0 Å². The molecule has 0 N–H and O–H groups in total. The van der Waals surface area contributed by atoms with Gasteiger partial charge in [0, 0.05) is 6.07 Å². The van der Waals surface area contributed by atoms with Crippen molar-refractivity contribution in [3.63, 3.8) is 0 Å². The van der Waals surface area contributed by atoms with Crippen molar-refractivity contribution in [2.24, 2.45) is 0 Å². The molecule has 0 aliphatic rings. The lowest BCUT2D eigenvalue weighted by molar-refractivity contribution is 0.388. The lowest BCUT2D eigenvalue weighted by atomic mass is 10.1. The third-order valence-corrected chi connectivity index (χ3v) is 1.24. The molecule has 1 aromatic rings. The summed E-state index contributed by atoms with van der Waals surface area (Å²) in [6.07, 6.45) is 0. The van der Waals surface area contributed by atoms with Crippen LogP contribution in [0.4, 0.5) is 0 Å². The monoisotopic (exact) mass is 155 g/mol. The van der Waals surface area contributed by atoms with Crippen LogP contribution in [0.15, 0.2) is 10.6 Å². The van der Waals surface area contributed by atoms with E-state index in [9.17, 15) is 0 Å². The van der Waals surface area contributed by atoms with Crippen LogP contribution >= 0.6 is 0 Å². The number of aryl methyl sites for hydroxylation is 1. The molecule has 0 aliphatic heterocycles. The second kappa shape index (κ2) is 4.94. The normalized spacial score (nSPS) is 9.27. The quantitative estimate of drug-likeness (QED) is 0.622. The fourth-order valence-electron chi connectivity index (χ4n) is 0.658. The second-order valence-electron chi connectivity index (χ2n) is 2.52. The average Bonchev–Trinajstić information content (AvgIpc) is 2.40. The largest absolute Gasteiger partial charge is 0.361 e. The van der Waals surface area contributed by atoms with Gasteiger partial charge in [-0.2, -0.15) is 0 Å². The summed E-state index contributed by atoms with van der Waals surface area (Å²) in [5, 5.41) is 3.84. The average molecular weight is 155 g/mol. The molecule has 0 saturated heterocycles. The fourth-order valence-corrected chi connectivity index (χ4v) is 0.658. The van der Waals surface area contributed by atoms with E-state index < -0.39 is 0 Å². The van der Waals surface area contributed by atoms with E-state index in [4.69, 9.17) is 4.52 Å². The molecule has 2 nitrogen and oxygen atoms in total. The minimum Gasteiger partial charge on any atom is -0.361 e. The summed E-state index contributed by atoms with van der Waals surface area (Å²) in [6, 6.07) is 1.96. The third-order valence-electron chi connectivity index (χ3n) is 1.24. The Hall–Kier alpha value is -0.790. The minimum absolute atomic E-state index is 0.474. The van der Waals surface area contributed by atoms with Crippen LogP contribution in [0, 0.1) is 6.92 Å². The van der Waals surface area contributed by atoms with Crippen molar-refractivity contribution >= 4 is 0 Å². The second-order valence-corrected chi connectivity index (χ2v) is 2.52. The number of hydrogen-bond acceptors (Lipinski definition) is 2. The predicted octanol–water partition coefficient (Wildman–Crippen LogP) is 3.13. The number of rotatable bonds is 1. The van der Waals surface area contributed by atoms with Crippen LogP contribution < -0.4 is 0 Å². The van der Waals surface area contributed by atoms with Crippen LogP contribution in [-0.4, -0.2) is 5.16 Å². The molecule has 0 fully saturated rings. The van der Waals surface area contributed by atoms with Gasteiger partial charge >= 0.3 is 0 Å². The Kier molecular flexibility index (Phi) is 4.59. The van der Waals surface area contributed by atoms with E-state index in [-0.39, 0.29) is 0 Å². The molecule has 0 radical (unpaired) electrons. The maximum atomic E-state index is 4.88. The first kappa shape index (κ1) is 10.2. The highest BCUT2D eigenvalue weighted by atomic mass is 16.5. The summed E-state index contributed by atoms with van der Waals surface area (Å²) in [6.45, 7) is 10.1. The van der Waals surface area contributed by atoms with Crippen molar-refractivity contribution in [1.29, 1.82) is 0 Å². The zero-order valence-corrected chi connectivity index (χ0v) is 8.01. The molecule has 0 spiro atoms. The Bertz CT molecular complexity index is 191. The van der Waals surface area contributed by atoms with Gasteiger partial charge in [0.25, 0.3) is 0 Å². The lowest BCUT2D eigenvalue weighted by Gasteiger charge is -1.92. The number of aromatic nitrogens is 1. The molecule has 0 bridgehead atoms. The Morgan fingerprint density at radius 3 is 2.09 bits per heavy atom. The topological polar surface area (TPSA) is 26.0 Å². The summed E-state index contributed by atoms with van der Waals surface area (Å²) < 4.78 is 4.88. The van der Waals surface area contributed by atoms with Crippen LogP contribution in [0.5, 0.6) is 0 Å². The van der Waals surface area contributed by atoms with Gasteiger partial charge in [0.15, 0.2) is 0 Å². The molecule has 0 unspecified atom stereocenters. The summed E-state index contributed by atoms with van der Waals surface area (Å²) in [5.74, 6) is 1.36. The van der Waals surface area contributed by atoms with Crippen LogP contribution in [-0.2, 0) is 0 Å². The molecule has 0 atom stereocenters. The first-order chi connectivity index (χ1) is 5.20. The molecule has 11 heavy (non-hydrogen) atoms. The summed E-state index contributed by atoms with van der Waals surface area (Å²) >= 11 is 0. The Morgan fingerprint density at radius 1 is 1.36 bits per heavy atom. The highest BCUT2D eigenvalue weighted by molar-refractivity contribution is 5.06. The van der Waals surface area contributed by atoms with Gasteiger partial charge in [-0.3, -0.25) is 0 Å². The highest BCUT2D eigenvalue weighted by Crippen LogP contribution is 2.12. The van der Waals surface area contributed by atoms with Crippen LogP contribution in [0.3, 0.4) is 0 Å². The smallest absolute Gasteiger partial charge is 0.133 e. The van der Waals surface area contributed by atoms with Crippen molar-refractivity contribution in [3.8, 4) is 0 Å². The summed E-state index contributed by atoms with van der Waals surface area (Å²) in [4.78, 5) is 0. The van der Waals surface area contributed by atoms with E-state index in [0.29, 0.717) is 5.92 Å². The first-order valence-corrected chi connectivity index (χ1v) is 4.13. The van der Waals surface area contributed by atoms with E-state index in [1.54, 1.807) is 0 Å². The third kappa shape index (κ3) is 3.21. The van der Waals surface area contributed by atoms with Crippen LogP contribution in [0.1, 0.15) is 45.1 Å². The zero-order chi connectivity index (χ0) is 8.85. The van der Waals surface area contributed by atoms with Gasteiger partial charge in [0.1, 0.15) is 5.76 Å². The molecule has 2 heteroatoms. The zero-order valence-electron chi connectivity index (χ0n) is 8.01.